The van der Waals surface area contributed by atoms with Crippen molar-refractivity contribution in [2.24, 2.45) is 17.3 Å². The van der Waals surface area contributed by atoms with E-state index in [0.717, 1.165) is 0 Å². The number of carbonyl (C=O) groups excluding carboxylic acids is 2. The van der Waals surface area contributed by atoms with Crippen molar-refractivity contribution in [1.82, 2.24) is 10.6 Å². The van der Waals surface area contributed by atoms with Crippen LogP contribution in [0.25, 0.3) is 0 Å². The van der Waals surface area contributed by atoms with E-state index in [2.05, 4.69) is 10.6 Å². The van der Waals surface area contributed by atoms with Crippen LogP contribution < -0.4 is 10.6 Å². The molecule has 146 valence electrons. The first-order valence-electron chi connectivity index (χ1n) is 7.16. The molecule has 1 rings (SSSR count). The summed E-state index contributed by atoms with van der Waals surface area (Å²) in [5.74, 6) is -1.64. The van der Waals surface area contributed by atoms with Gasteiger partial charge in [-0.05, 0) is 17.8 Å². The lowest BCUT2D eigenvalue weighted by atomic mass is 9.53. The molecule has 0 heterocycles. The number of aliphatic hydroxyl groups excluding tert-OH is 2. The molecule has 12 heteroatoms. The molecular weight excluding hydrogens is 461 g/mol. The Hall–Kier alpha value is 0.600. The molecule has 0 aliphatic heterocycles. The van der Waals surface area contributed by atoms with Crippen LogP contribution in [-0.4, -0.2) is 42.1 Å². The van der Waals surface area contributed by atoms with Gasteiger partial charge >= 0.3 is 0 Å². The summed E-state index contributed by atoms with van der Waals surface area (Å²) < 4.78 is -4.09. The second kappa shape index (κ2) is 8.31. The Balaban J connectivity index is 2.58. The zero-order valence-electron chi connectivity index (χ0n) is 13.2. The maximum absolute atomic E-state index is 12.2. The van der Waals surface area contributed by atoms with Crippen LogP contribution in [0.5, 0.6) is 0 Å². The molecule has 1 saturated carbocycles. The highest BCUT2D eigenvalue weighted by atomic mass is 35.6. The Bertz CT molecular complexity index is 520. The zero-order chi connectivity index (χ0) is 19.8. The molecule has 2 amide bonds. The largest absolute Gasteiger partial charge is 0.369 e. The first kappa shape index (κ1) is 23.6. The van der Waals surface area contributed by atoms with Crippen LogP contribution >= 0.6 is 69.6 Å². The molecule has 0 spiro atoms. The Morgan fingerprint density at radius 3 is 1.88 bits per heavy atom. The van der Waals surface area contributed by atoms with Gasteiger partial charge in [0.15, 0.2) is 12.5 Å². The average Bonchev–Trinajstić information content (AvgIpc) is 2.40. The van der Waals surface area contributed by atoms with Gasteiger partial charge in [0.25, 0.3) is 0 Å². The maximum Gasteiger partial charge on any atom is 0.234 e. The van der Waals surface area contributed by atoms with Crippen LogP contribution in [0.2, 0.25) is 0 Å². The number of nitrogens with one attached hydrogen (secondary N) is 2. The number of amides is 2. The molecule has 4 unspecified atom stereocenters. The Labute approximate surface area is 175 Å². The molecule has 0 bridgehead atoms. The summed E-state index contributed by atoms with van der Waals surface area (Å²) in [7, 11) is 0. The third-order valence-electron chi connectivity index (χ3n) is 4.42. The molecule has 0 aromatic heterocycles. The zero-order valence-corrected chi connectivity index (χ0v) is 17.7. The van der Waals surface area contributed by atoms with Gasteiger partial charge in [0, 0.05) is 12.3 Å². The summed E-state index contributed by atoms with van der Waals surface area (Å²) in [6.07, 6.45) is -2.89. The minimum Gasteiger partial charge on any atom is -0.369 e. The Morgan fingerprint density at radius 2 is 1.48 bits per heavy atom. The third-order valence-corrected chi connectivity index (χ3v) is 5.66. The molecule has 0 radical (unpaired) electrons. The van der Waals surface area contributed by atoms with E-state index in [4.69, 9.17) is 69.6 Å². The van der Waals surface area contributed by atoms with Crippen LogP contribution in [0.3, 0.4) is 0 Å². The van der Waals surface area contributed by atoms with Gasteiger partial charge in [0.05, 0.1) is 0 Å². The van der Waals surface area contributed by atoms with Crippen LogP contribution in [0.1, 0.15) is 26.7 Å². The lowest BCUT2D eigenvalue weighted by molar-refractivity contribution is -0.147. The molecule has 0 aromatic carbocycles. The van der Waals surface area contributed by atoms with Gasteiger partial charge in [0.1, 0.15) is 0 Å². The Kier molecular flexibility index (Phi) is 7.86. The number of carbonyl (C=O) groups is 2. The fraction of sp³-hybridized carbons (Fsp3) is 0.846. The lowest BCUT2D eigenvalue weighted by Gasteiger charge is -2.51. The molecule has 0 saturated heterocycles. The van der Waals surface area contributed by atoms with E-state index in [9.17, 15) is 19.8 Å². The monoisotopic (exact) mass is 476 g/mol. The van der Waals surface area contributed by atoms with E-state index in [-0.39, 0.29) is 12.3 Å². The van der Waals surface area contributed by atoms with E-state index < -0.39 is 43.2 Å². The van der Waals surface area contributed by atoms with Crippen molar-refractivity contribution in [3.05, 3.63) is 0 Å². The topological polar surface area (TPSA) is 98.7 Å². The standard InChI is InChI=1S/C13H18Cl6N2O4/c1-11(2)5(4-7(22)20-9(24)12(14,15)16)3-6(11)8(23)21-10(25)13(17,18)19/h5-6,9-10,24-25H,3-4H2,1-2H3,(H,20,22)(H,21,23). The number of alkyl halides is 6. The normalized spacial score (nSPS) is 25.5. The summed E-state index contributed by atoms with van der Waals surface area (Å²) in [5, 5.41) is 23.6. The van der Waals surface area contributed by atoms with E-state index in [1.54, 1.807) is 13.8 Å². The summed E-state index contributed by atoms with van der Waals surface area (Å²) in [5.41, 5.74) is -0.556. The van der Waals surface area contributed by atoms with Crippen molar-refractivity contribution in [3.63, 3.8) is 0 Å². The lowest BCUT2D eigenvalue weighted by Crippen LogP contribution is -2.57. The summed E-state index contributed by atoms with van der Waals surface area (Å²) in [6, 6.07) is 0. The first-order valence-corrected chi connectivity index (χ1v) is 9.43. The fourth-order valence-corrected chi connectivity index (χ4v) is 2.97. The van der Waals surface area contributed by atoms with Crippen molar-refractivity contribution >= 4 is 81.4 Å². The van der Waals surface area contributed by atoms with Gasteiger partial charge in [-0.15, -0.1) is 0 Å². The Morgan fingerprint density at radius 1 is 1.04 bits per heavy atom. The second-order valence-corrected chi connectivity index (χ2v) is 11.2. The molecule has 6 nitrogen and oxygen atoms in total. The molecule has 1 fully saturated rings. The van der Waals surface area contributed by atoms with Crippen molar-refractivity contribution in [2.75, 3.05) is 0 Å². The second-order valence-electron chi connectivity index (χ2n) is 6.48. The van der Waals surface area contributed by atoms with Gasteiger partial charge in [-0.25, -0.2) is 0 Å². The van der Waals surface area contributed by atoms with Gasteiger partial charge in [-0.1, -0.05) is 83.5 Å². The summed E-state index contributed by atoms with van der Waals surface area (Å²) >= 11 is 32.9. The smallest absolute Gasteiger partial charge is 0.234 e. The number of aliphatic hydroxyl groups is 2. The SMILES string of the molecule is CC1(C)C(CC(=O)NC(O)C(Cl)(Cl)Cl)CC1C(=O)NC(O)C(Cl)(Cl)Cl. The summed E-state index contributed by atoms with van der Waals surface area (Å²) in [6.45, 7) is 3.59. The highest BCUT2D eigenvalue weighted by Gasteiger charge is 2.53. The van der Waals surface area contributed by atoms with Gasteiger partial charge in [-0.3, -0.25) is 9.59 Å². The van der Waals surface area contributed by atoms with E-state index in [0.29, 0.717) is 6.42 Å². The minimum absolute atomic E-state index is 0.0294. The van der Waals surface area contributed by atoms with Crippen LogP contribution in [0, 0.1) is 17.3 Å². The van der Waals surface area contributed by atoms with Crippen LogP contribution in [0.4, 0.5) is 0 Å². The van der Waals surface area contributed by atoms with Gasteiger partial charge < -0.3 is 20.8 Å². The highest BCUT2D eigenvalue weighted by molar-refractivity contribution is 6.68. The predicted molar refractivity (Wildman–Crippen MR) is 98.9 cm³/mol. The molecule has 1 aliphatic carbocycles. The van der Waals surface area contributed by atoms with Crippen molar-refractivity contribution in [2.45, 2.75) is 46.7 Å². The van der Waals surface area contributed by atoms with Crippen LogP contribution in [0.15, 0.2) is 0 Å². The van der Waals surface area contributed by atoms with E-state index in [1.165, 1.54) is 0 Å². The molecule has 4 atom stereocenters. The molecule has 0 aromatic rings. The van der Waals surface area contributed by atoms with Crippen molar-refractivity contribution in [3.8, 4) is 0 Å². The highest BCUT2D eigenvalue weighted by Crippen LogP contribution is 2.53. The first-order chi connectivity index (χ1) is 11.1. The molecule has 4 N–H and O–H groups in total. The van der Waals surface area contributed by atoms with Gasteiger partial charge in [-0.2, -0.15) is 0 Å². The minimum atomic E-state index is -2.05. The van der Waals surface area contributed by atoms with Gasteiger partial charge in [0.2, 0.25) is 19.4 Å². The fourth-order valence-electron chi connectivity index (χ4n) is 2.64. The average molecular weight is 479 g/mol. The van der Waals surface area contributed by atoms with E-state index >= 15 is 0 Å². The molecule has 25 heavy (non-hydrogen) atoms. The predicted octanol–water partition coefficient (Wildman–Crippen LogP) is 2.65. The number of rotatable bonds is 5. The summed E-state index contributed by atoms with van der Waals surface area (Å²) in [4.78, 5) is 24.1. The molecular formula is C13H18Cl6N2O4. The maximum atomic E-state index is 12.2. The number of hydrogen-bond acceptors (Lipinski definition) is 4. The van der Waals surface area contributed by atoms with Crippen LogP contribution in [-0.2, 0) is 9.59 Å². The van der Waals surface area contributed by atoms with E-state index in [1.807, 2.05) is 0 Å². The third kappa shape index (κ3) is 6.32. The molecule has 1 aliphatic rings. The number of halogens is 6. The van der Waals surface area contributed by atoms with Crippen molar-refractivity contribution in [1.29, 1.82) is 0 Å². The number of hydrogen-bond donors (Lipinski definition) is 4. The quantitative estimate of drug-likeness (QED) is 0.360. The van der Waals surface area contributed by atoms with Crippen molar-refractivity contribution < 1.29 is 19.8 Å².